The maximum Gasteiger partial charge on any atom is 0.131 e. The Bertz CT molecular complexity index is 260. The summed E-state index contributed by atoms with van der Waals surface area (Å²) in [5, 5.41) is 0. The first kappa shape index (κ1) is 27.4. The maximum atomic E-state index is 5.46. The molecule has 2 nitrogen and oxygen atoms in total. The fraction of sp³-hybridized carbons (Fsp3) is 0.952. The zero-order chi connectivity index (χ0) is 17.7. The first-order valence-corrected chi connectivity index (χ1v) is 12.1. The first-order chi connectivity index (χ1) is 11.8. The molecule has 0 radical (unpaired) electrons. The van der Waals surface area contributed by atoms with Crippen molar-refractivity contribution in [1.29, 1.82) is 0 Å². The molecular weight excluding hydrogens is 344 g/mol. The van der Waals surface area contributed by atoms with Crippen molar-refractivity contribution in [2.45, 2.75) is 122 Å². The fourth-order valence-corrected chi connectivity index (χ4v) is 3.98. The lowest BCUT2D eigenvalue weighted by molar-refractivity contribution is 0.527. The highest BCUT2D eigenvalue weighted by Crippen LogP contribution is 2.14. The van der Waals surface area contributed by atoms with Crippen molar-refractivity contribution in [3.05, 3.63) is 0 Å². The number of rotatable bonds is 19. The fourth-order valence-electron chi connectivity index (χ4n) is 3.18. The van der Waals surface area contributed by atoms with Crippen LogP contribution in [0.5, 0.6) is 0 Å². The summed E-state index contributed by atoms with van der Waals surface area (Å²) in [5.74, 6) is 1.11. The molecule has 0 aromatic carbocycles. The van der Waals surface area contributed by atoms with E-state index in [1.54, 1.807) is 11.8 Å². The van der Waals surface area contributed by atoms with Gasteiger partial charge in [-0.3, -0.25) is 0 Å². The van der Waals surface area contributed by atoms with Crippen molar-refractivity contribution in [2.75, 3.05) is 5.75 Å². The Morgan fingerprint density at radius 1 is 0.600 bits per heavy atom. The molecule has 4 heteroatoms. The van der Waals surface area contributed by atoms with E-state index in [2.05, 4.69) is 6.92 Å². The van der Waals surface area contributed by atoms with Crippen LogP contribution >= 0.6 is 24.0 Å². The van der Waals surface area contributed by atoms with Crippen LogP contribution in [0, 0.1) is 0 Å². The van der Waals surface area contributed by atoms with Gasteiger partial charge in [-0.2, -0.15) is 0 Å². The third-order valence-corrected chi connectivity index (χ3v) is 5.87. The summed E-state index contributed by atoms with van der Waals surface area (Å²) in [6.45, 7) is 2.29. The van der Waals surface area contributed by atoms with Crippen LogP contribution in [0.25, 0.3) is 0 Å². The van der Waals surface area contributed by atoms with Gasteiger partial charge in [0.15, 0.2) is 0 Å². The minimum Gasteiger partial charge on any atom is -0.385 e. The predicted octanol–water partition coefficient (Wildman–Crippen LogP) is 8.17. The van der Waals surface area contributed by atoms with Crippen LogP contribution < -0.4 is 11.9 Å². The van der Waals surface area contributed by atoms with Crippen molar-refractivity contribution >= 4 is 28.3 Å². The summed E-state index contributed by atoms with van der Waals surface area (Å²) < 4.78 is 0.599. The van der Waals surface area contributed by atoms with Crippen molar-refractivity contribution in [1.82, 2.24) is 6.15 Å². The van der Waals surface area contributed by atoms with Crippen molar-refractivity contribution in [3.63, 3.8) is 0 Å². The number of nitrogens with two attached hydrogens (primary N) is 1. The van der Waals surface area contributed by atoms with Gasteiger partial charge in [-0.05, 0) is 6.42 Å². The number of hydrogen-bond donors (Lipinski definition) is 2. The average molecular weight is 391 g/mol. The molecule has 0 aromatic rings. The van der Waals surface area contributed by atoms with Gasteiger partial charge in [0, 0.05) is 5.75 Å². The minimum absolute atomic E-state index is 0. The molecule has 0 bridgehead atoms. The SMILES string of the molecule is CCCCCCCCCCCCCCCCCCCCSC(N)=S.N. The zero-order valence-electron chi connectivity index (χ0n) is 17.0. The Kier molecular flexibility index (Phi) is 26.5. The minimum atomic E-state index is 0. The van der Waals surface area contributed by atoms with E-state index in [4.69, 9.17) is 18.0 Å². The number of unbranched alkanes of at least 4 members (excludes halogenated alkanes) is 17. The second-order valence-corrected chi connectivity index (χ2v) is 9.01. The van der Waals surface area contributed by atoms with E-state index in [1.807, 2.05) is 0 Å². The van der Waals surface area contributed by atoms with Crippen molar-refractivity contribution < 1.29 is 0 Å². The number of thioether (sulfide) groups is 1. The second-order valence-electron chi connectivity index (χ2n) is 7.18. The summed E-state index contributed by atoms with van der Waals surface area (Å²) in [6.07, 6.45) is 25.7. The van der Waals surface area contributed by atoms with Gasteiger partial charge in [0.2, 0.25) is 0 Å². The van der Waals surface area contributed by atoms with Crippen LogP contribution in [-0.4, -0.2) is 10.1 Å². The quantitative estimate of drug-likeness (QED) is 0.172. The topological polar surface area (TPSA) is 61.0 Å². The smallest absolute Gasteiger partial charge is 0.131 e. The molecular formula is C21H46N2S2. The average Bonchev–Trinajstić information content (AvgIpc) is 2.56. The summed E-state index contributed by atoms with van der Waals surface area (Å²) in [7, 11) is 0. The van der Waals surface area contributed by atoms with Gasteiger partial charge in [0.05, 0.1) is 0 Å². The standard InChI is InChI=1S/C21H43NS2.H3N/c1-2-3-4-5-6-7-8-9-10-11-12-13-14-15-16-17-18-19-20-24-21(22)23;/h2-20H2,1H3,(H2,22,23);1H3. The molecule has 25 heavy (non-hydrogen) atoms. The molecule has 0 aliphatic rings. The molecule has 0 saturated carbocycles. The lowest BCUT2D eigenvalue weighted by Gasteiger charge is -2.04. The molecule has 0 rings (SSSR count). The molecule has 0 aromatic heterocycles. The highest BCUT2D eigenvalue weighted by Gasteiger charge is 1.95. The van der Waals surface area contributed by atoms with Crippen LogP contribution in [0.4, 0.5) is 0 Å². The van der Waals surface area contributed by atoms with Gasteiger partial charge in [-0.1, -0.05) is 140 Å². The lowest BCUT2D eigenvalue weighted by atomic mass is 10.0. The summed E-state index contributed by atoms with van der Waals surface area (Å²) in [6, 6.07) is 0. The molecule has 0 fully saturated rings. The Morgan fingerprint density at radius 3 is 1.16 bits per heavy atom. The second kappa shape index (κ2) is 24.2. The van der Waals surface area contributed by atoms with Crippen LogP contribution in [0.3, 0.4) is 0 Å². The summed E-state index contributed by atoms with van der Waals surface area (Å²) in [5.41, 5.74) is 5.46. The van der Waals surface area contributed by atoms with E-state index < -0.39 is 0 Å². The van der Waals surface area contributed by atoms with Gasteiger partial charge in [-0.15, -0.1) is 0 Å². The third-order valence-electron chi connectivity index (χ3n) is 4.74. The zero-order valence-corrected chi connectivity index (χ0v) is 18.7. The highest BCUT2D eigenvalue weighted by molar-refractivity contribution is 8.22. The Balaban J connectivity index is 0. The van der Waals surface area contributed by atoms with Crippen LogP contribution in [0.2, 0.25) is 0 Å². The molecule has 152 valence electrons. The van der Waals surface area contributed by atoms with Gasteiger partial charge >= 0.3 is 0 Å². The Morgan fingerprint density at radius 2 is 0.880 bits per heavy atom. The lowest BCUT2D eigenvalue weighted by Crippen LogP contribution is -2.02. The molecule has 5 N–H and O–H groups in total. The molecule has 0 saturated heterocycles. The molecule has 0 heterocycles. The van der Waals surface area contributed by atoms with Crippen molar-refractivity contribution in [2.24, 2.45) is 5.73 Å². The van der Waals surface area contributed by atoms with E-state index in [9.17, 15) is 0 Å². The van der Waals surface area contributed by atoms with Crippen LogP contribution in [-0.2, 0) is 0 Å². The highest BCUT2D eigenvalue weighted by atomic mass is 32.2. The largest absolute Gasteiger partial charge is 0.385 e. The van der Waals surface area contributed by atoms with Crippen molar-refractivity contribution in [3.8, 4) is 0 Å². The summed E-state index contributed by atoms with van der Waals surface area (Å²) in [4.78, 5) is 0. The first-order valence-electron chi connectivity index (χ1n) is 10.7. The Labute approximate surface area is 168 Å². The monoisotopic (exact) mass is 390 g/mol. The van der Waals surface area contributed by atoms with Gasteiger partial charge < -0.3 is 11.9 Å². The molecule has 0 spiro atoms. The predicted molar refractivity (Wildman–Crippen MR) is 123 cm³/mol. The molecule has 0 unspecified atom stereocenters. The van der Waals surface area contributed by atoms with Crippen LogP contribution in [0.15, 0.2) is 0 Å². The number of thiocarbonyl (C=S) groups is 1. The molecule has 0 amide bonds. The molecule has 0 aliphatic heterocycles. The molecule has 0 atom stereocenters. The van der Waals surface area contributed by atoms with E-state index >= 15 is 0 Å². The molecule has 0 aliphatic carbocycles. The van der Waals surface area contributed by atoms with E-state index in [1.165, 1.54) is 116 Å². The third kappa shape index (κ3) is 26.5. The van der Waals surface area contributed by atoms with E-state index in [-0.39, 0.29) is 6.15 Å². The maximum absolute atomic E-state index is 5.46. The Hall–Kier alpha value is 0.200. The van der Waals surface area contributed by atoms with E-state index in [0.29, 0.717) is 4.32 Å². The van der Waals surface area contributed by atoms with Crippen LogP contribution in [0.1, 0.15) is 122 Å². The van der Waals surface area contributed by atoms with E-state index in [0.717, 1.165) is 5.75 Å². The summed E-state index contributed by atoms with van der Waals surface area (Å²) >= 11 is 6.48. The number of hydrogen-bond acceptors (Lipinski definition) is 3. The van der Waals surface area contributed by atoms with Gasteiger partial charge in [0.25, 0.3) is 0 Å². The van der Waals surface area contributed by atoms with Gasteiger partial charge in [0.1, 0.15) is 4.32 Å². The van der Waals surface area contributed by atoms with Gasteiger partial charge in [-0.25, -0.2) is 0 Å². The normalized spacial score (nSPS) is 10.6.